The third kappa shape index (κ3) is 3.70. The molecule has 0 bridgehead atoms. The molecule has 128 valence electrons. The van der Waals surface area contributed by atoms with Gasteiger partial charge in [-0.3, -0.25) is 9.59 Å². The van der Waals surface area contributed by atoms with Crippen LogP contribution >= 0.6 is 0 Å². The minimum absolute atomic E-state index is 0.179. The van der Waals surface area contributed by atoms with Gasteiger partial charge in [-0.2, -0.15) is 4.98 Å². The van der Waals surface area contributed by atoms with Crippen LogP contribution in [-0.2, 0) is 9.53 Å². The van der Waals surface area contributed by atoms with Gasteiger partial charge in [-0.05, 0) is 41.5 Å². The monoisotopic (exact) mass is 325 g/mol. The Morgan fingerprint density at radius 2 is 1.78 bits per heavy atom. The fraction of sp³-hybridized carbons (Fsp3) is 0.667. The highest BCUT2D eigenvalue weighted by molar-refractivity contribution is 5.74. The average Bonchev–Trinajstić information content (AvgIpc) is 2.80. The number of hydrogen-bond acceptors (Lipinski definition) is 6. The fourth-order valence-electron chi connectivity index (χ4n) is 2.14. The third-order valence-corrected chi connectivity index (χ3v) is 2.99. The number of rotatable bonds is 5. The topological polar surface area (TPSA) is 116 Å². The van der Waals surface area contributed by atoms with E-state index in [9.17, 15) is 14.7 Å². The van der Waals surface area contributed by atoms with Crippen molar-refractivity contribution in [3.05, 3.63) is 16.0 Å². The van der Waals surface area contributed by atoms with Crippen LogP contribution in [0.25, 0.3) is 5.65 Å². The first kappa shape index (κ1) is 17.4. The number of nitrogens with zero attached hydrogens (tertiary/aromatic N) is 2. The summed E-state index contributed by atoms with van der Waals surface area (Å²) < 4.78 is 12.9. The van der Waals surface area contributed by atoms with Gasteiger partial charge in [0.15, 0.2) is 0 Å². The molecule has 0 amide bonds. The molecule has 0 aromatic carbocycles. The first-order valence-electron chi connectivity index (χ1n) is 7.34. The lowest BCUT2D eigenvalue weighted by Crippen LogP contribution is -2.42. The summed E-state index contributed by atoms with van der Waals surface area (Å²) in [6.07, 6.45) is -1.06. The van der Waals surface area contributed by atoms with Gasteiger partial charge >= 0.3 is 11.5 Å². The summed E-state index contributed by atoms with van der Waals surface area (Å²) in [7, 11) is 0. The predicted molar refractivity (Wildman–Crippen MR) is 83.4 cm³/mol. The van der Waals surface area contributed by atoms with Crippen LogP contribution in [0.1, 0.15) is 53.3 Å². The number of aromatic nitrogens is 2. The Kier molecular flexibility index (Phi) is 4.02. The predicted octanol–water partition coefficient (Wildman–Crippen LogP) is 1.02. The minimum Gasteiger partial charge on any atom is -0.480 e. The molecular formula is C15H23N3O5. The molecule has 0 radical (unpaired) electrons. The van der Waals surface area contributed by atoms with Crippen molar-refractivity contribution >= 4 is 11.6 Å². The van der Waals surface area contributed by atoms with Gasteiger partial charge in [0.2, 0.25) is 11.5 Å². The van der Waals surface area contributed by atoms with E-state index in [0.29, 0.717) is 0 Å². The number of imidazole rings is 1. The molecule has 0 aliphatic heterocycles. The summed E-state index contributed by atoms with van der Waals surface area (Å²) in [6, 6.07) is -1.36. The molecule has 0 spiro atoms. The van der Waals surface area contributed by atoms with E-state index in [-0.39, 0.29) is 22.8 Å². The van der Waals surface area contributed by atoms with Crippen LogP contribution in [0.15, 0.2) is 4.79 Å². The standard InChI is InChI=1S/C15H23N3O5/c1-14(2,3)22-9(7(16)13(20)21)8-11(23-15(4,5)6)17-10-12(19)18(8)10/h7,9H,16H2,1-6H3,(H,20,21). The first-order valence-corrected chi connectivity index (χ1v) is 7.34. The van der Waals surface area contributed by atoms with E-state index in [1.165, 1.54) is 4.40 Å². The van der Waals surface area contributed by atoms with Gasteiger partial charge in [-0.1, -0.05) is 0 Å². The van der Waals surface area contributed by atoms with E-state index in [4.69, 9.17) is 15.2 Å². The maximum absolute atomic E-state index is 11.7. The van der Waals surface area contributed by atoms with Crippen molar-refractivity contribution in [2.24, 2.45) is 5.73 Å². The maximum Gasteiger partial charge on any atom is 0.323 e. The van der Waals surface area contributed by atoms with Gasteiger partial charge in [0.1, 0.15) is 23.4 Å². The highest BCUT2D eigenvalue weighted by Gasteiger charge is 2.40. The number of aliphatic carboxylic acids is 1. The van der Waals surface area contributed by atoms with Gasteiger partial charge in [0.25, 0.3) is 0 Å². The van der Waals surface area contributed by atoms with E-state index < -0.39 is 29.3 Å². The number of nitrogens with two attached hydrogens (primary N) is 1. The quantitative estimate of drug-likeness (QED) is 0.842. The first-order chi connectivity index (χ1) is 10.3. The van der Waals surface area contributed by atoms with Crippen LogP contribution in [0.3, 0.4) is 0 Å². The average molecular weight is 325 g/mol. The molecule has 0 aliphatic carbocycles. The number of carboxylic acid groups (broad SMARTS) is 1. The van der Waals surface area contributed by atoms with Gasteiger partial charge in [-0.25, -0.2) is 4.40 Å². The Morgan fingerprint density at radius 1 is 1.22 bits per heavy atom. The number of fused-ring (bicyclic) bond motifs is 1. The largest absolute Gasteiger partial charge is 0.480 e. The lowest BCUT2D eigenvalue weighted by molar-refractivity contribution is -0.147. The highest BCUT2D eigenvalue weighted by atomic mass is 16.5. The zero-order valence-corrected chi connectivity index (χ0v) is 14.2. The van der Waals surface area contributed by atoms with Crippen molar-refractivity contribution < 1.29 is 19.4 Å². The number of carbonyl (C=O) groups is 1. The van der Waals surface area contributed by atoms with Crippen LogP contribution in [-0.4, -0.2) is 37.7 Å². The molecule has 8 heteroatoms. The lowest BCUT2D eigenvalue weighted by Gasteiger charge is -2.30. The lowest BCUT2D eigenvalue weighted by atomic mass is 10.1. The van der Waals surface area contributed by atoms with E-state index in [2.05, 4.69) is 4.98 Å². The zero-order chi connectivity index (χ0) is 17.7. The summed E-state index contributed by atoms with van der Waals surface area (Å²) in [5.41, 5.74) is 4.75. The minimum atomic E-state index is -1.36. The second kappa shape index (κ2) is 5.31. The second-order valence-corrected chi connectivity index (χ2v) is 7.50. The van der Waals surface area contributed by atoms with Gasteiger partial charge in [0.05, 0.1) is 5.60 Å². The Labute approximate surface area is 133 Å². The Hall–Kier alpha value is -1.93. The van der Waals surface area contributed by atoms with Crippen molar-refractivity contribution in [2.45, 2.75) is 64.9 Å². The van der Waals surface area contributed by atoms with Gasteiger partial charge < -0.3 is 20.3 Å². The van der Waals surface area contributed by atoms with Crippen molar-refractivity contribution in [2.75, 3.05) is 0 Å². The van der Waals surface area contributed by atoms with Crippen LogP contribution < -0.4 is 16.0 Å². The smallest absolute Gasteiger partial charge is 0.323 e. The highest BCUT2D eigenvalue weighted by Crippen LogP contribution is 2.35. The fourth-order valence-corrected chi connectivity index (χ4v) is 2.14. The summed E-state index contributed by atoms with van der Waals surface area (Å²) in [4.78, 5) is 27.2. The second-order valence-electron chi connectivity index (χ2n) is 7.50. The summed E-state index contributed by atoms with van der Waals surface area (Å²) >= 11 is 0. The molecular weight excluding hydrogens is 302 g/mol. The van der Waals surface area contributed by atoms with E-state index in [0.717, 1.165) is 0 Å². The third-order valence-electron chi connectivity index (χ3n) is 2.99. The van der Waals surface area contributed by atoms with Crippen molar-refractivity contribution in [1.29, 1.82) is 0 Å². The molecule has 0 aliphatic rings. The van der Waals surface area contributed by atoms with Crippen molar-refractivity contribution in [3.8, 4) is 5.88 Å². The molecule has 0 saturated carbocycles. The normalized spacial score (nSPS) is 16.0. The van der Waals surface area contributed by atoms with Crippen molar-refractivity contribution in [1.82, 2.24) is 9.38 Å². The van der Waals surface area contributed by atoms with E-state index in [1.54, 1.807) is 20.8 Å². The molecule has 0 saturated heterocycles. The van der Waals surface area contributed by atoms with E-state index in [1.807, 2.05) is 20.8 Å². The van der Waals surface area contributed by atoms with Crippen LogP contribution in [0.2, 0.25) is 0 Å². The zero-order valence-electron chi connectivity index (χ0n) is 14.2. The maximum atomic E-state index is 11.7. The molecule has 23 heavy (non-hydrogen) atoms. The van der Waals surface area contributed by atoms with E-state index >= 15 is 0 Å². The Morgan fingerprint density at radius 3 is 2.22 bits per heavy atom. The van der Waals surface area contributed by atoms with Crippen LogP contribution in [0.4, 0.5) is 0 Å². The summed E-state index contributed by atoms with van der Waals surface area (Å²) in [5, 5.41) is 9.28. The number of hydrogen-bond donors (Lipinski definition) is 2. The summed E-state index contributed by atoms with van der Waals surface area (Å²) in [5.74, 6) is -1.05. The van der Waals surface area contributed by atoms with Crippen LogP contribution in [0.5, 0.6) is 5.88 Å². The molecule has 0 fully saturated rings. The Bertz CT molecular complexity index is 740. The summed E-state index contributed by atoms with van der Waals surface area (Å²) in [6.45, 7) is 10.8. The number of ether oxygens (including phenoxy) is 2. The molecule has 8 nitrogen and oxygen atoms in total. The molecule has 2 aromatic heterocycles. The van der Waals surface area contributed by atoms with Crippen molar-refractivity contribution in [3.63, 3.8) is 0 Å². The molecule has 3 N–H and O–H groups in total. The molecule has 2 atom stereocenters. The molecule has 2 rings (SSSR count). The number of carboxylic acids is 1. The SMILES string of the molecule is CC(C)(C)Oc1nc2c(=O)n2c1C(OC(C)(C)C)C(N)C(=O)O. The van der Waals surface area contributed by atoms with Gasteiger partial charge in [-0.15, -0.1) is 0 Å². The molecule has 2 aromatic rings. The van der Waals surface area contributed by atoms with Crippen LogP contribution in [0, 0.1) is 0 Å². The molecule has 2 unspecified atom stereocenters. The Balaban J connectivity index is 2.52. The molecule has 2 heterocycles. The van der Waals surface area contributed by atoms with Gasteiger partial charge in [0, 0.05) is 0 Å².